The number of alkyl carbamates (subject to hydrolysis) is 1. The Kier molecular flexibility index (Phi) is 6.64. The van der Waals surface area contributed by atoms with Crippen LogP contribution in [0.2, 0.25) is 0 Å². The monoisotopic (exact) mass is 446 g/mol. The first-order valence-corrected chi connectivity index (χ1v) is 11.0. The number of carbonyl (C=O) groups is 3. The lowest BCUT2D eigenvalue weighted by atomic mass is 9.80. The molecule has 0 heterocycles. The SMILES string of the molecule is CC#CCC(NC(=O)OCC1c2ccccc2-c2ccccc21)C(=O)NC1CC(C(=O)O)C1. The minimum absolute atomic E-state index is 0.0752. The van der Waals surface area contributed by atoms with E-state index in [2.05, 4.69) is 34.6 Å². The van der Waals surface area contributed by atoms with Crippen LogP contribution in [0.3, 0.4) is 0 Å². The van der Waals surface area contributed by atoms with Crippen molar-refractivity contribution >= 4 is 18.0 Å². The van der Waals surface area contributed by atoms with Crippen LogP contribution in [0.25, 0.3) is 11.1 Å². The summed E-state index contributed by atoms with van der Waals surface area (Å²) in [5.74, 6) is 3.80. The molecule has 170 valence electrons. The van der Waals surface area contributed by atoms with Crippen molar-refractivity contribution in [2.24, 2.45) is 5.92 Å². The lowest BCUT2D eigenvalue weighted by molar-refractivity contribution is -0.146. The van der Waals surface area contributed by atoms with Crippen molar-refractivity contribution in [3.63, 3.8) is 0 Å². The van der Waals surface area contributed by atoms with E-state index in [0.29, 0.717) is 12.8 Å². The van der Waals surface area contributed by atoms with Gasteiger partial charge in [0.1, 0.15) is 12.6 Å². The average Bonchev–Trinajstić information content (AvgIpc) is 3.10. The molecule has 2 aromatic carbocycles. The largest absolute Gasteiger partial charge is 0.481 e. The van der Waals surface area contributed by atoms with Gasteiger partial charge >= 0.3 is 12.1 Å². The van der Waals surface area contributed by atoms with E-state index < -0.39 is 24.0 Å². The maximum atomic E-state index is 12.7. The third kappa shape index (κ3) is 4.85. The molecular weight excluding hydrogens is 420 g/mol. The molecule has 7 nitrogen and oxygen atoms in total. The fraction of sp³-hybridized carbons (Fsp3) is 0.346. The zero-order valence-corrected chi connectivity index (χ0v) is 18.3. The second kappa shape index (κ2) is 9.78. The molecule has 1 atom stereocenters. The number of ether oxygens (including phenoxy) is 1. The highest BCUT2D eigenvalue weighted by atomic mass is 16.5. The van der Waals surface area contributed by atoms with Crippen LogP contribution in [0.4, 0.5) is 4.79 Å². The number of hydrogen-bond acceptors (Lipinski definition) is 4. The van der Waals surface area contributed by atoms with Gasteiger partial charge in [-0.15, -0.1) is 11.8 Å². The van der Waals surface area contributed by atoms with Crippen LogP contribution < -0.4 is 10.6 Å². The predicted octanol–water partition coefficient (Wildman–Crippen LogP) is 3.29. The number of benzene rings is 2. The van der Waals surface area contributed by atoms with Crippen molar-refractivity contribution in [1.82, 2.24) is 10.6 Å². The molecular formula is C26H26N2O5. The van der Waals surface area contributed by atoms with Gasteiger partial charge in [-0.2, -0.15) is 0 Å². The van der Waals surface area contributed by atoms with Crippen molar-refractivity contribution in [2.45, 2.75) is 44.2 Å². The lowest BCUT2D eigenvalue weighted by Crippen LogP contribution is -2.53. The summed E-state index contributed by atoms with van der Waals surface area (Å²) in [4.78, 5) is 36.2. The fourth-order valence-electron chi connectivity index (χ4n) is 4.43. The summed E-state index contributed by atoms with van der Waals surface area (Å²) in [5, 5.41) is 14.4. The van der Waals surface area contributed by atoms with Gasteiger partial charge in [0.25, 0.3) is 0 Å². The summed E-state index contributed by atoms with van der Waals surface area (Å²) >= 11 is 0. The second-order valence-electron chi connectivity index (χ2n) is 8.37. The predicted molar refractivity (Wildman–Crippen MR) is 122 cm³/mol. The minimum atomic E-state index is -0.878. The molecule has 2 aliphatic carbocycles. The highest BCUT2D eigenvalue weighted by molar-refractivity contribution is 5.86. The Morgan fingerprint density at radius 3 is 2.24 bits per heavy atom. The van der Waals surface area contributed by atoms with Crippen molar-refractivity contribution < 1.29 is 24.2 Å². The van der Waals surface area contributed by atoms with Crippen molar-refractivity contribution in [2.75, 3.05) is 6.61 Å². The van der Waals surface area contributed by atoms with E-state index in [1.54, 1.807) is 6.92 Å². The number of carboxylic acid groups (broad SMARTS) is 1. The number of carboxylic acids is 1. The van der Waals surface area contributed by atoms with E-state index in [1.165, 1.54) is 0 Å². The molecule has 2 aliphatic rings. The summed E-state index contributed by atoms with van der Waals surface area (Å²) in [7, 11) is 0. The Bertz CT molecular complexity index is 1080. The van der Waals surface area contributed by atoms with Gasteiger partial charge in [-0.3, -0.25) is 9.59 Å². The molecule has 4 rings (SSSR count). The molecule has 2 aromatic rings. The molecule has 0 spiro atoms. The smallest absolute Gasteiger partial charge is 0.407 e. The molecule has 0 saturated heterocycles. The molecule has 2 amide bonds. The van der Waals surface area contributed by atoms with Gasteiger partial charge in [-0.05, 0) is 42.0 Å². The number of rotatable bonds is 7. The summed E-state index contributed by atoms with van der Waals surface area (Å²) in [6, 6.07) is 15.0. The van der Waals surface area contributed by atoms with Crippen LogP contribution in [0.5, 0.6) is 0 Å². The zero-order valence-electron chi connectivity index (χ0n) is 18.3. The van der Waals surface area contributed by atoms with Gasteiger partial charge in [0.05, 0.1) is 5.92 Å². The first kappa shape index (κ1) is 22.4. The number of nitrogens with one attached hydrogen (secondary N) is 2. The molecule has 1 unspecified atom stereocenters. The fourth-order valence-corrected chi connectivity index (χ4v) is 4.43. The third-order valence-corrected chi connectivity index (χ3v) is 6.27. The molecule has 1 saturated carbocycles. The number of hydrogen-bond donors (Lipinski definition) is 3. The van der Waals surface area contributed by atoms with Crippen molar-refractivity contribution in [1.29, 1.82) is 0 Å². The summed E-state index contributed by atoms with van der Waals surface area (Å²) < 4.78 is 5.54. The highest BCUT2D eigenvalue weighted by Crippen LogP contribution is 2.44. The van der Waals surface area contributed by atoms with Crippen LogP contribution in [0.15, 0.2) is 48.5 Å². The van der Waals surface area contributed by atoms with Crippen LogP contribution in [-0.4, -0.2) is 41.8 Å². The van der Waals surface area contributed by atoms with E-state index >= 15 is 0 Å². The van der Waals surface area contributed by atoms with Crippen LogP contribution in [0, 0.1) is 17.8 Å². The Hall–Kier alpha value is -3.79. The molecule has 1 fully saturated rings. The van der Waals surface area contributed by atoms with E-state index in [1.807, 2.05) is 36.4 Å². The van der Waals surface area contributed by atoms with E-state index in [-0.39, 0.29) is 30.9 Å². The molecule has 0 aromatic heterocycles. The van der Waals surface area contributed by atoms with E-state index in [9.17, 15) is 14.4 Å². The first-order chi connectivity index (χ1) is 16.0. The van der Waals surface area contributed by atoms with E-state index in [4.69, 9.17) is 9.84 Å². The standard InChI is InChI=1S/C26H26N2O5/c1-2-3-12-23(24(29)27-17-13-16(14-17)25(30)31)28-26(32)33-15-22-20-10-6-4-8-18(20)19-9-5-7-11-21(19)22/h4-11,16-17,22-23H,12-15H2,1H3,(H,27,29)(H,28,32)(H,30,31). The molecule has 3 N–H and O–H groups in total. The zero-order chi connectivity index (χ0) is 23.4. The van der Waals surface area contributed by atoms with Gasteiger partial charge in [0.15, 0.2) is 0 Å². The summed E-state index contributed by atoms with van der Waals surface area (Å²) in [5.41, 5.74) is 4.49. The lowest BCUT2D eigenvalue weighted by Gasteiger charge is -2.33. The maximum Gasteiger partial charge on any atom is 0.407 e. The van der Waals surface area contributed by atoms with Gasteiger partial charge in [0.2, 0.25) is 5.91 Å². The number of carbonyl (C=O) groups excluding carboxylic acids is 2. The topological polar surface area (TPSA) is 105 Å². The van der Waals surface area contributed by atoms with Crippen molar-refractivity contribution in [3.8, 4) is 23.0 Å². The summed E-state index contributed by atoms with van der Waals surface area (Å²) in [6.45, 7) is 1.81. The van der Waals surface area contributed by atoms with Gasteiger partial charge in [-0.1, -0.05) is 48.5 Å². The molecule has 7 heteroatoms. The first-order valence-electron chi connectivity index (χ1n) is 11.0. The summed E-state index contributed by atoms with van der Waals surface area (Å²) in [6.07, 6.45) is 0.227. The number of fused-ring (bicyclic) bond motifs is 3. The molecule has 33 heavy (non-hydrogen) atoms. The van der Waals surface area contributed by atoms with Gasteiger partial charge < -0.3 is 20.5 Å². The quantitative estimate of drug-likeness (QED) is 0.566. The average molecular weight is 447 g/mol. The Labute approximate surface area is 192 Å². The Morgan fingerprint density at radius 2 is 1.67 bits per heavy atom. The molecule has 0 aliphatic heterocycles. The van der Waals surface area contributed by atoms with Gasteiger partial charge in [0, 0.05) is 18.4 Å². The van der Waals surface area contributed by atoms with E-state index in [0.717, 1.165) is 22.3 Å². The van der Waals surface area contributed by atoms with Crippen LogP contribution in [0.1, 0.15) is 43.2 Å². The Balaban J connectivity index is 1.36. The number of aliphatic carboxylic acids is 1. The number of amides is 2. The Morgan fingerprint density at radius 1 is 1.06 bits per heavy atom. The molecule has 0 bridgehead atoms. The highest BCUT2D eigenvalue weighted by Gasteiger charge is 2.36. The third-order valence-electron chi connectivity index (χ3n) is 6.27. The van der Waals surface area contributed by atoms with Crippen molar-refractivity contribution in [3.05, 3.63) is 59.7 Å². The van der Waals surface area contributed by atoms with Crippen LogP contribution >= 0.6 is 0 Å². The second-order valence-corrected chi connectivity index (χ2v) is 8.37. The normalized spacial score (nSPS) is 19.1. The maximum absolute atomic E-state index is 12.7. The molecule has 0 radical (unpaired) electrons. The van der Waals surface area contributed by atoms with Gasteiger partial charge in [-0.25, -0.2) is 4.79 Å². The minimum Gasteiger partial charge on any atom is -0.481 e. The van der Waals surface area contributed by atoms with Crippen LogP contribution in [-0.2, 0) is 14.3 Å².